The lowest BCUT2D eigenvalue weighted by atomic mass is 9.98. The van der Waals surface area contributed by atoms with Crippen molar-refractivity contribution < 1.29 is 57.1 Å². The van der Waals surface area contributed by atoms with Crippen molar-refractivity contribution in [2.45, 2.75) is 69.2 Å². The van der Waals surface area contributed by atoms with Crippen LogP contribution in [-0.2, 0) is 52.3 Å². The zero-order chi connectivity index (χ0) is 39.4. The normalized spacial score (nSPS) is 17.7. The van der Waals surface area contributed by atoms with E-state index in [1.54, 1.807) is 21.6 Å². The van der Waals surface area contributed by atoms with Crippen molar-refractivity contribution in [3.8, 4) is 11.1 Å². The van der Waals surface area contributed by atoms with Gasteiger partial charge in [0.1, 0.15) is 19.3 Å². The highest BCUT2D eigenvalue weighted by molar-refractivity contribution is 8.77. The predicted molar refractivity (Wildman–Crippen MR) is 210 cm³/mol. The number of carbonyl (C=O) groups excluding carboxylic acids is 3. The lowest BCUT2D eigenvalue weighted by Crippen LogP contribution is -2.31. The summed E-state index contributed by atoms with van der Waals surface area (Å²) in [6.45, 7) is 9.68. The number of unbranched alkanes of at least 4 members (excludes halogenated alkanes) is 1. The topological polar surface area (TPSA) is 165 Å². The van der Waals surface area contributed by atoms with Crippen molar-refractivity contribution >= 4 is 39.5 Å². The van der Waals surface area contributed by atoms with Gasteiger partial charge < -0.3 is 43.2 Å². The van der Waals surface area contributed by atoms with Gasteiger partial charge in [-0.15, -0.1) is 0 Å². The van der Waals surface area contributed by atoms with Crippen LogP contribution in [0, 0.1) is 0 Å². The third kappa shape index (κ3) is 15.2. The quantitative estimate of drug-likeness (QED) is 0.0348. The second-order valence-corrected chi connectivity index (χ2v) is 16.7. The standard InChI is InChI=1S/C39H55N3O12S2/c1-39(2,56-55-28-49-18-7-8-19-51-36-37(53-36)54-42-34(43)13-14-35(42)44)15-20-48-27-50-26-40-16-21-46-23-24-47-22-17-41-38(45)52-25-33-31-11-5-3-9-29(31)30-10-4-6-12-32(30)33/h3-6,9-12,33,36-37,40H,7-8,13-28H2,1-2H3,(H,41,45). The zero-order valence-electron chi connectivity index (χ0n) is 32.2. The SMILES string of the molecule is CC(C)(CCOCOCNCCOCCOCCNC(=O)OCC1c2ccccc2-c2ccccc21)SSCOCCCCOC1OC1ON1C(=O)CCC1=O. The average molecular weight is 822 g/mol. The van der Waals surface area contributed by atoms with Gasteiger partial charge in [-0.1, -0.05) is 70.1 Å². The van der Waals surface area contributed by atoms with Crippen LogP contribution in [0.1, 0.15) is 63.0 Å². The van der Waals surface area contributed by atoms with Gasteiger partial charge in [-0.3, -0.25) is 14.9 Å². The third-order valence-electron chi connectivity index (χ3n) is 8.88. The molecule has 2 aliphatic heterocycles. The number of hydrogen-bond acceptors (Lipinski definition) is 15. The van der Waals surface area contributed by atoms with E-state index < -0.39 is 18.7 Å². The maximum Gasteiger partial charge on any atom is 0.407 e. The Morgan fingerprint density at radius 2 is 1.48 bits per heavy atom. The zero-order valence-corrected chi connectivity index (χ0v) is 33.9. The predicted octanol–water partition coefficient (Wildman–Crippen LogP) is 5.18. The van der Waals surface area contributed by atoms with E-state index in [1.807, 2.05) is 24.3 Å². The van der Waals surface area contributed by atoms with Crippen LogP contribution in [0.3, 0.4) is 0 Å². The van der Waals surface area contributed by atoms with Gasteiger partial charge in [-0.05, 0) is 55.4 Å². The molecule has 56 heavy (non-hydrogen) atoms. The number of imide groups is 1. The first-order valence-electron chi connectivity index (χ1n) is 19.1. The van der Waals surface area contributed by atoms with E-state index in [0.29, 0.717) is 72.0 Å². The molecule has 0 radical (unpaired) electrons. The van der Waals surface area contributed by atoms with Crippen molar-refractivity contribution in [2.24, 2.45) is 0 Å². The van der Waals surface area contributed by atoms with Crippen LogP contribution >= 0.6 is 21.6 Å². The number of rotatable bonds is 30. The number of epoxide rings is 1. The van der Waals surface area contributed by atoms with Crippen molar-refractivity contribution in [1.82, 2.24) is 15.7 Å². The molecule has 2 fully saturated rings. The Labute approximate surface area is 336 Å². The summed E-state index contributed by atoms with van der Waals surface area (Å²) in [5.74, 6) is -0.0723. The summed E-state index contributed by atoms with van der Waals surface area (Å²) in [5.41, 5.74) is 4.76. The first kappa shape index (κ1) is 44.3. The monoisotopic (exact) mass is 821 g/mol. The first-order chi connectivity index (χ1) is 27.3. The summed E-state index contributed by atoms with van der Waals surface area (Å²) in [6.07, 6.45) is 1.15. The van der Waals surface area contributed by atoms with E-state index >= 15 is 0 Å². The van der Waals surface area contributed by atoms with Crippen LogP contribution in [0.25, 0.3) is 11.1 Å². The fourth-order valence-electron chi connectivity index (χ4n) is 5.84. The van der Waals surface area contributed by atoms with E-state index in [0.717, 1.165) is 24.3 Å². The van der Waals surface area contributed by atoms with Crippen LogP contribution in [0.5, 0.6) is 0 Å². The van der Waals surface area contributed by atoms with Gasteiger partial charge in [0.2, 0.25) is 12.6 Å². The maximum atomic E-state index is 12.3. The molecular weight excluding hydrogens is 767 g/mol. The van der Waals surface area contributed by atoms with Gasteiger partial charge in [-0.2, -0.15) is 5.06 Å². The molecule has 2 atom stereocenters. The van der Waals surface area contributed by atoms with Crippen LogP contribution in [0.4, 0.5) is 4.79 Å². The summed E-state index contributed by atoms with van der Waals surface area (Å²) in [6, 6.07) is 16.5. The Kier molecular flexibility index (Phi) is 19.1. The Hall–Kier alpha value is -2.81. The highest BCUT2D eigenvalue weighted by Crippen LogP contribution is 2.44. The van der Waals surface area contributed by atoms with E-state index in [-0.39, 0.29) is 48.7 Å². The average Bonchev–Trinajstić information content (AvgIpc) is 3.76. The van der Waals surface area contributed by atoms with Crippen LogP contribution in [0.15, 0.2) is 48.5 Å². The van der Waals surface area contributed by atoms with Crippen molar-refractivity contribution in [3.05, 3.63) is 59.7 Å². The van der Waals surface area contributed by atoms with Gasteiger partial charge in [0, 0.05) is 43.2 Å². The molecule has 2 aromatic rings. The minimum atomic E-state index is -0.700. The number of carbonyl (C=O) groups is 3. The van der Waals surface area contributed by atoms with E-state index in [4.69, 9.17) is 42.7 Å². The number of ether oxygens (including phenoxy) is 8. The molecule has 2 unspecified atom stereocenters. The van der Waals surface area contributed by atoms with Crippen molar-refractivity contribution in [2.75, 3.05) is 85.4 Å². The Morgan fingerprint density at radius 3 is 2.21 bits per heavy atom. The van der Waals surface area contributed by atoms with Crippen LogP contribution < -0.4 is 10.6 Å². The number of fused-ring (bicyclic) bond motifs is 3. The molecule has 0 saturated carbocycles. The van der Waals surface area contributed by atoms with Crippen molar-refractivity contribution in [3.63, 3.8) is 0 Å². The molecular formula is C39H55N3O12S2. The summed E-state index contributed by atoms with van der Waals surface area (Å²) in [5, 5.41) is 6.68. The van der Waals surface area contributed by atoms with E-state index in [9.17, 15) is 14.4 Å². The molecule has 1 aliphatic carbocycles. The minimum absolute atomic E-state index is 0.0212. The number of nitrogens with one attached hydrogen (secondary N) is 2. The molecule has 5 rings (SSSR count). The summed E-state index contributed by atoms with van der Waals surface area (Å²) >= 11 is 0. The molecule has 3 amide bonds. The maximum absolute atomic E-state index is 12.3. The fraction of sp³-hybridized carbons (Fsp3) is 0.615. The second-order valence-electron chi connectivity index (χ2n) is 13.7. The molecule has 2 N–H and O–H groups in total. The fourth-order valence-corrected chi connectivity index (χ4v) is 8.12. The summed E-state index contributed by atoms with van der Waals surface area (Å²) in [7, 11) is 3.45. The van der Waals surface area contributed by atoms with E-state index in [2.05, 4.69) is 48.7 Å². The number of alkyl carbamates (subject to hydrolysis) is 1. The lowest BCUT2D eigenvalue weighted by Gasteiger charge is -2.23. The molecule has 3 aliphatic rings. The smallest absolute Gasteiger partial charge is 0.407 e. The second kappa shape index (κ2) is 24.2. The highest BCUT2D eigenvalue weighted by atomic mass is 33.1. The van der Waals surface area contributed by atoms with Crippen LogP contribution in [-0.4, -0.2) is 126 Å². The molecule has 0 aromatic heterocycles. The third-order valence-corrected chi connectivity index (χ3v) is 11.9. The number of nitrogens with zero attached hydrogens (tertiary/aromatic N) is 1. The lowest BCUT2D eigenvalue weighted by molar-refractivity contribution is -0.201. The van der Waals surface area contributed by atoms with Gasteiger partial charge >= 0.3 is 6.09 Å². The van der Waals surface area contributed by atoms with Crippen LogP contribution in [0.2, 0.25) is 0 Å². The van der Waals surface area contributed by atoms with E-state index in [1.165, 1.54) is 22.3 Å². The van der Waals surface area contributed by atoms with Gasteiger partial charge in [-0.25, -0.2) is 9.63 Å². The Morgan fingerprint density at radius 1 is 0.804 bits per heavy atom. The molecule has 310 valence electrons. The molecule has 2 aromatic carbocycles. The number of amides is 3. The summed E-state index contributed by atoms with van der Waals surface area (Å²) in [4.78, 5) is 40.6. The minimum Gasteiger partial charge on any atom is -0.449 e. The summed E-state index contributed by atoms with van der Waals surface area (Å²) < 4.78 is 44.3. The Balaban J connectivity index is 0.726. The van der Waals surface area contributed by atoms with Gasteiger partial charge in [0.25, 0.3) is 11.8 Å². The Bertz CT molecular complexity index is 1460. The molecule has 0 bridgehead atoms. The highest BCUT2D eigenvalue weighted by Gasteiger charge is 2.46. The largest absolute Gasteiger partial charge is 0.449 e. The van der Waals surface area contributed by atoms with Crippen molar-refractivity contribution in [1.29, 1.82) is 0 Å². The molecule has 0 spiro atoms. The van der Waals surface area contributed by atoms with Gasteiger partial charge in [0.15, 0.2) is 0 Å². The molecule has 2 heterocycles. The number of hydroxylamine groups is 2. The molecule has 2 saturated heterocycles. The number of hydrogen-bond donors (Lipinski definition) is 2. The first-order valence-corrected chi connectivity index (χ1v) is 21.4. The molecule has 15 nitrogen and oxygen atoms in total. The van der Waals surface area contributed by atoms with Gasteiger partial charge in [0.05, 0.1) is 46.4 Å². The molecule has 17 heteroatoms. The number of benzene rings is 2.